The van der Waals surface area contributed by atoms with Gasteiger partial charge in [-0.3, -0.25) is 0 Å². The Balaban J connectivity index is 2.25. The monoisotopic (exact) mass is 294 g/mol. The maximum absolute atomic E-state index is 11.8. The van der Waals surface area contributed by atoms with Gasteiger partial charge in [0.25, 0.3) is 5.79 Å². The summed E-state index contributed by atoms with van der Waals surface area (Å²) in [7, 11) is 0. The quantitative estimate of drug-likeness (QED) is 0.821. The summed E-state index contributed by atoms with van der Waals surface area (Å²) in [4.78, 5) is 11.8. The summed E-state index contributed by atoms with van der Waals surface area (Å²) in [6.45, 7) is 0. The van der Waals surface area contributed by atoms with Gasteiger partial charge in [-0.2, -0.15) is 0 Å². The van der Waals surface area contributed by atoms with Crippen LogP contribution in [0.15, 0.2) is 42.5 Å². The highest BCUT2D eigenvalue weighted by atomic mass is 35.5. The summed E-state index contributed by atoms with van der Waals surface area (Å²) in [5.41, 5.74) is 0.935. The van der Waals surface area contributed by atoms with E-state index in [1.54, 1.807) is 36.4 Å². The van der Waals surface area contributed by atoms with Gasteiger partial charge < -0.3 is 9.84 Å². The molecule has 2 aromatic carbocycles. The fraction of sp³-hybridized carbons (Fsp3) is 0.0714. The third-order valence-electron chi connectivity index (χ3n) is 3.05. The first-order valence-electron chi connectivity index (χ1n) is 5.53. The number of rotatable bonds is 1. The molecular weight excluding hydrogens is 287 g/mol. The van der Waals surface area contributed by atoms with Crippen LogP contribution in [0.1, 0.15) is 21.5 Å². The lowest BCUT2D eigenvalue weighted by molar-refractivity contribution is -0.129. The van der Waals surface area contributed by atoms with Gasteiger partial charge >= 0.3 is 5.97 Å². The molecule has 19 heavy (non-hydrogen) atoms. The molecule has 1 heterocycles. The van der Waals surface area contributed by atoms with Gasteiger partial charge in [0.2, 0.25) is 0 Å². The van der Waals surface area contributed by atoms with Gasteiger partial charge in [0, 0.05) is 16.1 Å². The standard InChI is InChI=1S/C14H8Cl2O3/c15-8-5-6-12(16)11(7-8)14(18)10-4-2-1-3-9(10)13(17)19-14/h1-7,18H. The van der Waals surface area contributed by atoms with Crippen molar-refractivity contribution < 1.29 is 14.6 Å². The largest absolute Gasteiger partial charge is 0.420 e. The molecule has 0 aromatic heterocycles. The molecule has 3 rings (SSSR count). The molecule has 0 amide bonds. The van der Waals surface area contributed by atoms with Crippen LogP contribution in [0.4, 0.5) is 0 Å². The van der Waals surface area contributed by atoms with E-state index in [1.165, 1.54) is 6.07 Å². The lowest BCUT2D eigenvalue weighted by Gasteiger charge is -2.23. The number of aliphatic hydroxyl groups is 1. The molecule has 0 saturated carbocycles. The van der Waals surface area contributed by atoms with Crippen LogP contribution in [-0.2, 0) is 10.5 Å². The molecular formula is C14H8Cl2O3. The molecule has 2 aromatic rings. The van der Waals surface area contributed by atoms with E-state index in [-0.39, 0.29) is 10.6 Å². The molecule has 1 N–H and O–H groups in total. The Labute approximate surface area is 119 Å². The van der Waals surface area contributed by atoms with E-state index >= 15 is 0 Å². The van der Waals surface area contributed by atoms with Gasteiger partial charge in [-0.15, -0.1) is 0 Å². The van der Waals surface area contributed by atoms with Crippen LogP contribution in [0.3, 0.4) is 0 Å². The minimum atomic E-state index is -1.89. The number of carbonyl (C=O) groups is 1. The number of benzene rings is 2. The first-order valence-corrected chi connectivity index (χ1v) is 6.29. The van der Waals surface area contributed by atoms with E-state index in [0.717, 1.165) is 0 Å². The van der Waals surface area contributed by atoms with E-state index in [2.05, 4.69) is 0 Å². The van der Waals surface area contributed by atoms with Crippen molar-refractivity contribution in [3.63, 3.8) is 0 Å². The van der Waals surface area contributed by atoms with E-state index in [9.17, 15) is 9.90 Å². The Morgan fingerprint density at radius 3 is 2.58 bits per heavy atom. The summed E-state index contributed by atoms with van der Waals surface area (Å²) < 4.78 is 5.11. The van der Waals surface area contributed by atoms with Gasteiger partial charge in [-0.25, -0.2) is 4.79 Å². The lowest BCUT2D eigenvalue weighted by atomic mass is 9.96. The minimum absolute atomic E-state index is 0.250. The molecule has 0 radical (unpaired) electrons. The first-order chi connectivity index (χ1) is 9.02. The summed E-state index contributed by atoms with van der Waals surface area (Å²) in [5.74, 6) is -2.48. The Morgan fingerprint density at radius 2 is 1.79 bits per heavy atom. The minimum Gasteiger partial charge on any atom is -0.420 e. The Hall–Kier alpha value is -1.55. The first kappa shape index (κ1) is 12.5. The fourth-order valence-corrected chi connectivity index (χ4v) is 2.58. The highest BCUT2D eigenvalue weighted by Gasteiger charge is 2.46. The Kier molecular flexibility index (Phi) is 2.78. The zero-order valence-electron chi connectivity index (χ0n) is 9.56. The molecule has 0 aliphatic carbocycles. The van der Waals surface area contributed by atoms with Crippen LogP contribution in [0, 0.1) is 0 Å². The molecule has 0 fully saturated rings. The molecule has 3 nitrogen and oxygen atoms in total. The van der Waals surface area contributed by atoms with Crippen LogP contribution >= 0.6 is 23.2 Å². The van der Waals surface area contributed by atoms with Gasteiger partial charge in [0.15, 0.2) is 0 Å². The maximum Gasteiger partial charge on any atom is 0.341 e. The molecule has 96 valence electrons. The van der Waals surface area contributed by atoms with Crippen molar-refractivity contribution in [3.05, 3.63) is 69.2 Å². The van der Waals surface area contributed by atoms with Gasteiger partial charge in [-0.05, 0) is 24.3 Å². The van der Waals surface area contributed by atoms with Crippen LogP contribution in [0.5, 0.6) is 0 Å². The number of fused-ring (bicyclic) bond motifs is 1. The molecule has 1 aliphatic rings. The number of hydrogen-bond donors (Lipinski definition) is 1. The van der Waals surface area contributed by atoms with Crippen LogP contribution in [0.2, 0.25) is 10.0 Å². The van der Waals surface area contributed by atoms with Gasteiger partial charge in [0.05, 0.1) is 10.6 Å². The number of cyclic esters (lactones) is 1. The second-order valence-electron chi connectivity index (χ2n) is 4.20. The third-order valence-corrected chi connectivity index (χ3v) is 3.61. The van der Waals surface area contributed by atoms with Gasteiger partial charge in [-0.1, -0.05) is 41.4 Å². The SMILES string of the molecule is O=C1OC(O)(c2cc(Cl)ccc2Cl)c2ccccc21. The lowest BCUT2D eigenvalue weighted by Crippen LogP contribution is -2.27. The van der Waals surface area contributed by atoms with Crippen molar-refractivity contribution in [2.45, 2.75) is 5.79 Å². The zero-order chi connectivity index (χ0) is 13.6. The summed E-state index contributed by atoms with van der Waals surface area (Å²) in [6, 6.07) is 11.3. The molecule has 0 spiro atoms. The molecule has 0 bridgehead atoms. The molecule has 0 saturated heterocycles. The second kappa shape index (κ2) is 4.23. The van der Waals surface area contributed by atoms with Crippen molar-refractivity contribution in [1.29, 1.82) is 0 Å². The highest BCUT2D eigenvalue weighted by molar-refractivity contribution is 6.33. The number of esters is 1. The smallest absolute Gasteiger partial charge is 0.341 e. The van der Waals surface area contributed by atoms with Gasteiger partial charge in [0.1, 0.15) is 0 Å². The Morgan fingerprint density at radius 1 is 1.05 bits per heavy atom. The van der Waals surface area contributed by atoms with Crippen LogP contribution in [-0.4, -0.2) is 11.1 Å². The van der Waals surface area contributed by atoms with Crippen molar-refractivity contribution in [1.82, 2.24) is 0 Å². The second-order valence-corrected chi connectivity index (χ2v) is 5.05. The fourth-order valence-electron chi connectivity index (χ4n) is 2.16. The number of carbonyl (C=O) groups excluding carboxylic acids is 1. The van der Waals surface area contributed by atoms with E-state index < -0.39 is 11.8 Å². The summed E-state index contributed by atoms with van der Waals surface area (Å²) in [6.07, 6.45) is 0. The Bertz CT molecular complexity index is 684. The van der Waals surface area contributed by atoms with Crippen molar-refractivity contribution in [2.75, 3.05) is 0 Å². The van der Waals surface area contributed by atoms with Crippen molar-refractivity contribution >= 4 is 29.2 Å². The number of halogens is 2. The van der Waals surface area contributed by atoms with Crippen molar-refractivity contribution in [2.24, 2.45) is 0 Å². The third kappa shape index (κ3) is 1.82. The zero-order valence-corrected chi connectivity index (χ0v) is 11.1. The van der Waals surface area contributed by atoms with E-state index in [1.807, 2.05) is 0 Å². The summed E-state index contributed by atoms with van der Waals surface area (Å²) >= 11 is 12.0. The average Bonchev–Trinajstić information content (AvgIpc) is 2.66. The van der Waals surface area contributed by atoms with E-state index in [4.69, 9.17) is 27.9 Å². The van der Waals surface area contributed by atoms with Crippen LogP contribution in [0.25, 0.3) is 0 Å². The van der Waals surface area contributed by atoms with Crippen LogP contribution < -0.4 is 0 Å². The number of hydrogen-bond acceptors (Lipinski definition) is 3. The number of ether oxygens (including phenoxy) is 1. The molecule has 1 aliphatic heterocycles. The predicted molar refractivity (Wildman–Crippen MR) is 71.3 cm³/mol. The molecule has 5 heteroatoms. The molecule has 1 atom stereocenters. The van der Waals surface area contributed by atoms with E-state index in [0.29, 0.717) is 16.1 Å². The normalized spacial score (nSPS) is 21.1. The highest BCUT2D eigenvalue weighted by Crippen LogP contribution is 2.42. The topological polar surface area (TPSA) is 46.5 Å². The molecule has 1 unspecified atom stereocenters. The predicted octanol–water partition coefficient (Wildman–Crippen LogP) is 3.36. The van der Waals surface area contributed by atoms with Crippen molar-refractivity contribution in [3.8, 4) is 0 Å². The summed E-state index contributed by atoms with van der Waals surface area (Å²) in [5, 5.41) is 11.4. The maximum atomic E-state index is 11.8. The average molecular weight is 295 g/mol.